The number of hydrogen-bond acceptors (Lipinski definition) is 5. The smallest absolute Gasteiger partial charge is 0.244 e. The first-order valence-corrected chi connectivity index (χ1v) is 18.8. The summed E-state index contributed by atoms with van der Waals surface area (Å²) >= 11 is 6.27. The summed E-state index contributed by atoms with van der Waals surface area (Å²) in [7, 11) is 0. The summed E-state index contributed by atoms with van der Waals surface area (Å²) in [6.07, 6.45) is 8.67. The molecule has 0 bridgehead atoms. The van der Waals surface area contributed by atoms with Crippen molar-refractivity contribution in [2.75, 3.05) is 26.2 Å². The third kappa shape index (κ3) is 14.5. The molecule has 0 radical (unpaired) electrons. The SMILES string of the molecule is CCCCC/N=C(\C)NC[C@H](NC(=O)[C@H](NC(=C1CC1)[C@H](C)Cc1cccc(Cl)c1)C(C)C)C(=O)NCCCc1ccccc1OCCC. The number of carbonyl (C=O) groups excluding carboxylic acids is 2. The van der Waals surface area contributed by atoms with Gasteiger partial charge >= 0.3 is 0 Å². The molecule has 3 atom stereocenters. The normalized spacial score (nSPS) is 14.5. The topological polar surface area (TPSA) is 104 Å². The largest absolute Gasteiger partial charge is 0.493 e. The van der Waals surface area contributed by atoms with Crippen LogP contribution in [0.15, 0.2) is 64.8 Å². The van der Waals surface area contributed by atoms with E-state index in [-0.39, 0.29) is 30.2 Å². The van der Waals surface area contributed by atoms with Gasteiger partial charge in [0.2, 0.25) is 11.8 Å². The Labute approximate surface area is 300 Å². The highest BCUT2D eigenvalue weighted by Gasteiger charge is 2.31. The Hall–Kier alpha value is -3.52. The van der Waals surface area contributed by atoms with Gasteiger partial charge in [0.15, 0.2) is 0 Å². The standard InChI is InChI=1S/C40H60ClN5O3/c1-7-9-12-22-42-30(6)44-27-35(39(47)43-23-14-17-32-16-10-11-19-36(32)49-24-8-2)45-40(48)37(28(3)4)46-38(33-20-21-33)29(5)25-31-15-13-18-34(41)26-31/h10-11,13,15-16,18-19,26,28-29,35,37,46H,7-9,12,14,17,20-25,27H2,1-6H3,(H,42,44)(H,43,47)(H,45,48)/t29-,35+,37-/m1/s1. The highest BCUT2D eigenvalue weighted by atomic mass is 35.5. The van der Waals surface area contributed by atoms with Crippen LogP contribution in [0.25, 0.3) is 0 Å². The van der Waals surface area contributed by atoms with Gasteiger partial charge in [-0.15, -0.1) is 0 Å². The minimum Gasteiger partial charge on any atom is -0.493 e. The molecule has 49 heavy (non-hydrogen) atoms. The van der Waals surface area contributed by atoms with E-state index in [0.29, 0.717) is 13.2 Å². The highest BCUT2D eigenvalue weighted by Crippen LogP contribution is 2.35. The van der Waals surface area contributed by atoms with E-state index in [9.17, 15) is 9.59 Å². The molecule has 2 aromatic carbocycles. The number of nitrogens with zero attached hydrogens (tertiary/aromatic N) is 1. The average molecular weight is 694 g/mol. The molecule has 0 spiro atoms. The third-order valence-electron chi connectivity index (χ3n) is 8.73. The molecule has 270 valence electrons. The second-order valence-electron chi connectivity index (χ2n) is 13.6. The molecular weight excluding hydrogens is 634 g/mol. The van der Waals surface area contributed by atoms with Crippen LogP contribution in [0.4, 0.5) is 0 Å². The Morgan fingerprint density at radius 3 is 2.39 bits per heavy atom. The number of hydrogen-bond donors (Lipinski definition) is 4. The van der Waals surface area contributed by atoms with Crippen molar-refractivity contribution in [1.82, 2.24) is 21.3 Å². The first-order valence-electron chi connectivity index (χ1n) is 18.4. The fraction of sp³-hybridized carbons (Fsp3) is 0.575. The molecule has 0 saturated heterocycles. The first kappa shape index (κ1) is 39.9. The molecule has 1 fully saturated rings. The molecule has 1 aliphatic rings. The van der Waals surface area contributed by atoms with Crippen LogP contribution < -0.4 is 26.0 Å². The van der Waals surface area contributed by atoms with Crippen LogP contribution in [0, 0.1) is 11.8 Å². The van der Waals surface area contributed by atoms with Crippen LogP contribution in [0.2, 0.25) is 5.02 Å². The highest BCUT2D eigenvalue weighted by molar-refractivity contribution is 6.30. The van der Waals surface area contributed by atoms with Crippen LogP contribution >= 0.6 is 11.6 Å². The van der Waals surface area contributed by atoms with Gasteiger partial charge in [-0.05, 0) is 93.0 Å². The van der Waals surface area contributed by atoms with E-state index in [4.69, 9.17) is 16.3 Å². The number of aliphatic imine (C=N–C) groups is 1. The van der Waals surface area contributed by atoms with Crippen molar-refractivity contribution in [3.63, 3.8) is 0 Å². The van der Waals surface area contributed by atoms with E-state index < -0.39 is 12.1 Å². The molecule has 0 unspecified atom stereocenters. The number of benzene rings is 2. The third-order valence-corrected chi connectivity index (χ3v) is 8.96. The number of rotatable bonds is 22. The lowest BCUT2D eigenvalue weighted by Gasteiger charge is -2.29. The number of amides is 2. The van der Waals surface area contributed by atoms with Gasteiger partial charge in [-0.25, -0.2) is 0 Å². The second kappa shape index (κ2) is 21.5. The predicted molar refractivity (Wildman–Crippen MR) is 203 cm³/mol. The molecule has 9 heteroatoms. The average Bonchev–Trinajstić information content (AvgIpc) is 3.92. The van der Waals surface area contributed by atoms with Crippen LogP contribution in [-0.4, -0.2) is 56.0 Å². The zero-order valence-electron chi connectivity index (χ0n) is 30.7. The number of unbranched alkanes of at least 4 members (excludes halogenated alkanes) is 2. The number of nitrogens with one attached hydrogen (secondary N) is 4. The predicted octanol–water partition coefficient (Wildman–Crippen LogP) is 7.40. The summed E-state index contributed by atoms with van der Waals surface area (Å²) in [6.45, 7) is 14.6. The van der Waals surface area contributed by atoms with Crippen molar-refractivity contribution in [3.8, 4) is 5.75 Å². The van der Waals surface area contributed by atoms with Crippen molar-refractivity contribution < 1.29 is 14.3 Å². The molecule has 8 nitrogen and oxygen atoms in total. The van der Waals surface area contributed by atoms with Gasteiger partial charge in [-0.1, -0.05) is 95.0 Å². The molecule has 0 aliphatic heterocycles. The monoisotopic (exact) mass is 693 g/mol. The Morgan fingerprint density at radius 2 is 1.69 bits per heavy atom. The van der Waals surface area contributed by atoms with Crippen molar-refractivity contribution in [1.29, 1.82) is 0 Å². The summed E-state index contributed by atoms with van der Waals surface area (Å²) in [6, 6.07) is 14.8. The molecule has 0 aromatic heterocycles. The van der Waals surface area contributed by atoms with Gasteiger partial charge in [0.1, 0.15) is 17.8 Å². The van der Waals surface area contributed by atoms with Gasteiger partial charge in [-0.2, -0.15) is 0 Å². The van der Waals surface area contributed by atoms with Crippen LogP contribution in [-0.2, 0) is 22.4 Å². The van der Waals surface area contributed by atoms with Crippen LogP contribution in [0.5, 0.6) is 5.75 Å². The van der Waals surface area contributed by atoms with E-state index >= 15 is 0 Å². The van der Waals surface area contributed by atoms with Crippen molar-refractivity contribution >= 4 is 29.3 Å². The number of para-hydroxylation sites is 1. The van der Waals surface area contributed by atoms with E-state index in [1.165, 1.54) is 5.57 Å². The maximum atomic E-state index is 14.0. The Morgan fingerprint density at radius 1 is 0.918 bits per heavy atom. The second-order valence-corrected chi connectivity index (χ2v) is 14.0. The molecule has 1 saturated carbocycles. The quantitative estimate of drug-likeness (QED) is 0.0585. The fourth-order valence-electron chi connectivity index (χ4n) is 5.81. The molecule has 0 heterocycles. The van der Waals surface area contributed by atoms with E-state index in [2.05, 4.69) is 59.2 Å². The molecule has 2 aromatic rings. The zero-order chi connectivity index (χ0) is 35.6. The molecule has 1 aliphatic carbocycles. The first-order chi connectivity index (χ1) is 23.6. The lowest BCUT2D eigenvalue weighted by atomic mass is 9.94. The maximum Gasteiger partial charge on any atom is 0.244 e. The molecule has 4 N–H and O–H groups in total. The molecule has 2 amide bonds. The number of carbonyl (C=O) groups is 2. The Kier molecular flexibility index (Phi) is 17.5. The summed E-state index contributed by atoms with van der Waals surface area (Å²) < 4.78 is 5.91. The van der Waals surface area contributed by atoms with Gasteiger partial charge in [0.05, 0.1) is 12.4 Å². The molecule has 3 rings (SSSR count). The summed E-state index contributed by atoms with van der Waals surface area (Å²) in [4.78, 5) is 32.2. The Bertz CT molecular complexity index is 1390. The summed E-state index contributed by atoms with van der Waals surface area (Å²) in [5.41, 5.74) is 4.78. The number of allylic oxidation sites excluding steroid dienone is 2. The van der Waals surface area contributed by atoms with Gasteiger partial charge < -0.3 is 26.0 Å². The van der Waals surface area contributed by atoms with Crippen LogP contribution in [0.1, 0.15) is 97.6 Å². The maximum absolute atomic E-state index is 14.0. The van der Waals surface area contributed by atoms with E-state index in [1.807, 2.05) is 57.2 Å². The van der Waals surface area contributed by atoms with E-state index in [0.717, 1.165) is 97.8 Å². The summed E-state index contributed by atoms with van der Waals surface area (Å²) in [5, 5.41) is 13.8. The van der Waals surface area contributed by atoms with Crippen molar-refractivity contribution in [2.24, 2.45) is 16.8 Å². The van der Waals surface area contributed by atoms with Crippen molar-refractivity contribution in [2.45, 2.75) is 111 Å². The summed E-state index contributed by atoms with van der Waals surface area (Å²) in [5.74, 6) is 1.45. The minimum absolute atomic E-state index is 0.00116. The van der Waals surface area contributed by atoms with Gasteiger partial charge in [-0.3, -0.25) is 14.6 Å². The number of ether oxygens (including phenoxy) is 1. The number of amidine groups is 1. The number of aryl methyl sites for hydroxylation is 1. The lowest BCUT2D eigenvalue weighted by Crippen LogP contribution is -2.57. The lowest BCUT2D eigenvalue weighted by molar-refractivity contribution is -0.130. The Balaban J connectivity index is 1.67. The minimum atomic E-state index is -0.766. The molecular formula is C40H60ClN5O3. The number of halogens is 1. The fourth-order valence-corrected chi connectivity index (χ4v) is 6.02. The van der Waals surface area contributed by atoms with Crippen LogP contribution in [0.3, 0.4) is 0 Å². The van der Waals surface area contributed by atoms with Gasteiger partial charge in [0, 0.05) is 30.4 Å². The van der Waals surface area contributed by atoms with Crippen molar-refractivity contribution in [3.05, 3.63) is 76.0 Å². The van der Waals surface area contributed by atoms with E-state index in [1.54, 1.807) is 0 Å². The zero-order valence-corrected chi connectivity index (χ0v) is 31.4. The van der Waals surface area contributed by atoms with Gasteiger partial charge in [0.25, 0.3) is 0 Å².